The molecule has 108 valence electrons. The molecule has 0 aliphatic carbocycles. The molecule has 1 saturated heterocycles. The number of nitrogens with zero attached hydrogens (tertiary/aromatic N) is 6. The molecule has 4 rings (SSSR count). The maximum atomic E-state index is 10.0. The summed E-state index contributed by atoms with van der Waals surface area (Å²) in [5.74, 6) is 1.72. The summed E-state index contributed by atoms with van der Waals surface area (Å²) >= 11 is 0. The van der Waals surface area contributed by atoms with Crippen molar-refractivity contribution in [2.75, 3.05) is 18.0 Å². The van der Waals surface area contributed by atoms with Gasteiger partial charge in [0.25, 0.3) is 5.78 Å². The highest BCUT2D eigenvalue weighted by Crippen LogP contribution is 2.21. The van der Waals surface area contributed by atoms with Gasteiger partial charge in [0.2, 0.25) is 11.8 Å². The molecule has 21 heavy (non-hydrogen) atoms. The van der Waals surface area contributed by atoms with Crippen molar-refractivity contribution in [2.24, 2.45) is 0 Å². The second-order valence-corrected chi connectivity index (χ2v) is 5.00. The lowest BCUT2D eigenvalue weighted by atomic mass is 10.1. The van der Waals surface area contributed by atoms with Crippen molar-refractivity contribution < 1.29 is 9.52 Å². The van der Waals surface area contributed by atoms with E-state index in [0.29, 0.717) is 23.3 Å². The van der Waals surface area contributed by atoms with Crippen LogP contribution in [0.25, 0.3) is 17.4 Å². The van der Waals surface area contributed by atoms with Crippen molar-refractivity contribution in [3.8, 4) is 17.6 Å². The molecule has 0 amide bonds. The van der Waals surface area contributed by atoms with E-state index in [1.54, 1.807) is 18.4 Å². The molecular formula is C13H14N6O2. The highest BCUT2D eigenvalue weighted by molar-refractivity contribution is 5.51. The first-order valence-electron chi connectivity index (χ1n) is 6.94. The molecule has 0 spiro atoms. The molecule has 3 aromatic heterocycles. The minimum absolute atomic E-state index is 0.217. The lowest BCUT2D eigenvalue weighted by molar-refractivity contribution is 0.409. The van der Waals surface area contributed by atoms with Crippen molar-refractivity contribution in [3.63, 3.8) is 0 Å². The minimum atomic E-state index is -0.217. The van der Waals surface area contributed by atoms with E-state index in [9.17, 15) is 5.11 Å². The molecule has 4 heterocycles. The Morgan fingerprint density at radius 3 is 2.71 bits per heavy atom. The Labute approximate surface area is 120 Å². The Balaban J connectivity index is 1.78. The molecule has 8 nitrogen and oxygen atoms in total. The Morgan fingerprint density at radius 2 is 1.95 bits per heavy atom. The third-order valence-corrected chi connectivity index (χ3v) is 3.56. The van der Waals surface area contributed by atoms with Crippen LogP contribution in [-0.4, -0.2) is 42.8 Å². The fourth-order valence-electron chi connectivity index (χ4n) is 2.51. The SMILES string of the molecule is Oc1nc(N2CCCCC2)nc2nc(-c3ccco3)nn12. The van der Waals surface area contributed by atoms with E-state index in [0.717, 1.165) is 25.9 Å². The van der Waals surface area contributed by atoms with E-state index in [2.05, 4.69) is 25.0 Å². The summed E-state index contributed by atoms with van der Waals surface area (Å²) in [6.45, 7) is 1.80. The zero-order valence-corrected chi connectivity index (χ0v) is 11.3. The van der Waals surface area contributed by atoms with Crippen LogP contribution in [0.2, 0.25) is 0 Å². The number of furan rings is 1. The summed E-state index contributed by atoms with van der Waals surface area (Å²) in [5, 5.41) is 14.2. The van der Waals surface area contributed by atoms with Crippen LogP contribution in [-0.2, 0) is 0 Å². The Morgan fingerprint density at radius 1 is 1.10 bits per heavy atom. The van der Waals surface area contributed by atoms with Gasteiger partial charge in [-0.05, 0) is 31.4 Å². The number of piperidine rings is 1. The van der Waals surface area contributed by atoms with Crippen LogP contribution in [0, 0.1) is 0 Å². The average Bonchev–Trinajstić information content (AvgIpc) is 3.17. The quantitative estimate of drug-likeness (QED) is 0.762. The van der Waals surface area contributed by atoms with Crippen LogP contribution in [0.3, 0.4) is 0 Å². The van der Waals surface area contributed by atoms with Crippen molar-refractivity contribution >= 4 is 11.7 Å². The Bertz CT molecular complexity index is 760. The van der Waals surface area contributed by atoms with Crippen LogP contribution in [0.5, 0.6) is 6.01 Å². The van der Waals surface area contributed by atoms with Crippen molar-refractivity contribution in [3.05, 3.63) is 18.4 Å². The molecular weight excluding hydrogens is 272 g/mol. The van der Waals surface area contributed by atoms with Gasteiger partial charge in [0, 0.05) is 13.1 Å². The van der Waals surface area contributed by atoms with Gasteiger partial charge in [-0.25, -0.2) is 0 Å². The topological polar surface area (TPSA) is 92.6 Å². The lowest BCUT2D eigenvalue weighted by Crippen LogP contribution is -2.31. The molecule has 0 unspecified atom stereocenters. The van der Waals surface area contributed by atoms with Crippen LogP contribution >= 0.6 is 0 Å². The third-order valence-electron chi connectivity index (χ3n) is 3.56. The summed E-state index contributed by atoms with van der Waals surface area (Å²) in [4.78, 5) is 14.9. The fraction of sp³-hybridized carbons (Fsp3) is 0.385. The fourth-order valence-corrected chi connectivity index (χ4v) is 2.51. The normalized spacial score (nSPS) is 15.7. The zero-order chi connectivity index (χ0) is 14.2. The summed E-state index contributed by atoms with van der Waals surface area (Å²) in [6.07, 6.45) is 4.99. The van der Waals surface area contributed by atoms with Crippen molar-refractivity contribution in [1.29, 1.82) is 0 Å². The second-order valence-electron chi connectivity index (χ2n) is 5.00. The predicted molar refractivity (Wildman–Crippen MR) is 74.0 cm³/mol. The van der Waals surface area contributed by atoms with Crippen molar-refractivity contribution in [2.45, 2.75) is 19.3 Å². The molecule has 8 heteroatoms. The van der Waals surface area contributed by atoms with Crippen LogP contribution in [0.4, 0.5) is 5.95 Å². The number of anilines is 1. The van der Waals surface area contributed by atoms with Crippen LogP contribution < -0.4 is 4.90 Å². The number of hydrogen-bond donors (Lipinski definition) is 1. The van der Waals surface area contributed by atoms with Gasteiger partial charge in [-0.15, -0.1) is 9.61 Å². The van der Waals surface area contributed by atoms with Gasteiger partial charge >= 0.3 is 6.01 Å². The zero-order valence-electron chi connectivity index (χ0n) is 11.3. The number of fused-ring (bicyclic) bond motifs is 1. The van der Waals surface area contributed by atoms with E-state index in [-0.39, 0.29) is 6.01 Å². The average molecular weight is 286 g/mol. The summed E-state index contributed by atoms with van der Waals surface area (Å²) in [5.41, 5.74) is 0. The van der Waals surface area contributed by atoms with Gasteiger partial charge in [0.15, 0.2) is 5.76 Å². The maximum absolute atomic E-state index is 10.0. The van der Waals surface area contributed by atoms with E-state index < -0.39 is 0 Å². The highest BCUT2D eigenvalue weighted by Gasteiger charge is 2.19. The van der Waals surface area contributed by atoms with Crippen LogP contribution in [0.1, 0.15) is 19.3 Å². The Hall–Kier alpha value is -2.64. The number of rotatable bonds is 2. The molecule has 1 N–H and O–H groups in total. The smallest absolute Gasteiger partial charge is 0.321 e. The first-order chi connectivity index (χ1) is 10.3. The minimum Gasteiger partial charge on any atom is -0.479 e. The van der Waals surface area contributed by atoms with Crippen LogP contribution in [0.15, 0.2) is 22.8 Å². The molecule has 1 aliphatic rings. The molecule has 0 aromatic carbocycles. The maximum Gasteiger partial charge on any atom is 0.321 e. The van der Waals surface area contributed by atoms with Gasteiger partial charge in [-0.2, -0.15) is 15.0 Å². The second kappa shape index (κ2) is 4.72. The first-order valence-corrected chi connectivity index (χ1v) is 6.94. The van der Waals surface area contributed by atoms with Gasteiger partial charge < -0.3 is 14.4 Å². The van der Waals surface area contributed by atoms with E-state index >= 15 is 0 Å². The number of hydrogen-bond acceptors (Lipinski definition) is 7. The van der Waals surface area contributed by atoms with E-state index in [1.165, 1.54) is 10.9 Å². The molecule has 1 aliphatic heterocycles. The van der Waals surface area contributed by atoms with Gasteiger partial charge in [-0.1, -0.05) is 0 Å². The summed E-state index contributed by atoms with van der Waals surface area (Å²) < 4.78 is 6.47. The number of aromatic hydroxyl groups is 1. The monoisotopic (exact) mass is 286 g/mol. The highest BCUT2D eigenvalue weighted by atomic mass is 16.3. The van der Waals surface area contributed by atoms with E-state index in [1.807, 2.05) is 0 Å². The first kappa shape index (κ1) is 12.1. The predicted octanol–water partition coefficient (Wildman–Crippen LogP) is 1.48. The molecule has 1 fully saturated rings. The van der Waals surface area contributed by atoms with Gasteiger partial charge in [0.1, 0.15) is 0 Å². The summed E-state index contributed by atoms with van der Waals surface area (Å²) in [7, 11) is 0. The molecule has 0 saturated carbocycles. The molecule has 0 radical (unpaired) electrons. The lowest BCUT2D eigenvalue weighted by Gasteiger charge is -2.26. The van der Waals surface area contributed by atoms with Crippen molar-refractivity contribution in [1.82, 2.24) is 24.6 Å². The number of aromatic nitrogens is 5. The van der Waals surface area contributed by atoms with Gasteiger partial charge in [0.05, 0.1) is 6.26 Å². The largest absolute Gasteiger partial charge is 0.479 e. The molecule has 0 atom stereocenters. The third kappa shape index (κ3) is 2.08. The van der Waals surface area contributed by atoms with E-state index in [4.69, 9.17) is 4.42 Å². The Kier molecular flexibility index (Phi) is 2.73. The molecule has 0 bridgehead atoms. The van der Waals surface area contributed by atoms with Gasteiger partial charge in [-0.3, -0.25) is 0 Å². The molecule has 3 aromatic rings. The summed E-state index contributed by atoms with van der Waals surface area (Å²) in [6, 6.07) is 3.29. The standard InChI is InChI=1S/C13H14N6O2/c20-13-16-11(18-6-2-1-3-7-18)15-12-14-10(17-19(12)13)9-5-4-8-21-9/h4-5,8H,1-3,6-7H2,(H,14,15,16,17,20).